The summed E-state index contributed by atoms with van der Waals surface area (Å²) in [6.45, 7) is 6.90. The monoisotopic (exact) mass is 250 g/mol. The SMILES string of the molecule is CCCNCc1cnn(Cc2csc(C)n2)c1. The molecule has 0 fully saturated rings. The lowest BCUT2D eigenvalue weighted by atomic mass is 10.3. The van der Waals surface area contributed by atoms with Crippen molar-refractivity contribution in [2.75, 3.05) is 6.54 Å². The van der Waals surface area contributed by atoms with E-state index in [2.05, 4.69) is 33.9 Å². The van der Waals surface area contributed by atoms with Gasteiger partial charge in [0.05, 0.1) is 23.4 Å². The van der Waals surface area contributed by atoms with Gasteiger partial charge in [-0.2, -0.15) is 5.10 Å². The third-order valence-electron chi connectivity index (χ3n) is 2.43. The number of hydrogen-bond acceptors (Lipinski definition) is 4. The van der Waals surface area contributed by atoms with E-state index in [1.165, 1.54) is 5.56 Å². The van der Waals surface area contributed by atoms with Gasteiger partial charge in [0.2, 0.25) is 0 Å². The van der Waals surface area contributed by atoms with Crippen molar-refractivity contribution in [3.63, 3.8) is 0 Å². The minimum absolute atomic E-state index is 0.762. The van der Waals surface area contributed by atoms with Gasteiger partial charge in [0.25, 0.3) is 0 Å². The molecule has 0 saturated carbocycles. The number of rotatable bonds is 6. The van der Waals surface area contributed by atoms with Gasteiger partial charge in [0.15, 0.2) is 0 Å². The molecule has 2 aromatic rings. The summed E-state index contributed by atoms with van der Waals surface area (Å²) in [5.74, 6) is 0. The van der Waals surface area contributed by atoms with Crippen LogP contribution in [0, 0.1) is 6.92 Å². The minimum atomic E-state index is 0.762. The molecular weight excluding hydrogens is 232 g/mol. The lowest BCUT2D eigenvalue weighted by Crippen LogP contribution is -2.13. The number of nitrogens with one attached hydrogen (secondary N) is 1. The van der Waals surface area contributed by atoms with Crippen LogP contribution in [-0.4, -0.2) is 21.3 Å². The van der Waals surface area contributed by atoms with Gasteiger partial charge in [0.1, 0.15) is 0 Å². The van der Waals surface area contributed by atoms with E-state index in [4.69, 9.17) is 0 Å². The highest BCUT2D eigenvalue weighted by atomic mass is 32.1. The first-order valence-electron chi connectivity index (χ1n) is 5.91. The zero-order valence-corrected chi connectivity index (χ0v) is 11.1. The Kier molecular flexibility index (Phi) is 4.28. The fraction of sp³-hybridized carbons (Fsp3) is 0.500. The van der Waals surface area contributed by atoms with Crippen LogP contribution < -0.4 is 5.32 Å². The molecule has 0 aliphatic heterocycles. The lowest BCUT2D eigenvalue weighted by Gasteiger charge is -1.99. The number of aryl methyl sites for hydroxylation is 1. The molecule has 0 atom stereocenters. The first-order valence-corrected chi connectivity index (χ1v) is 6.79. The second kappa shape index (κ2) is 5.93. The normalized spacial score (nSPS) is 10.9. The molecule has 92 valence electrons. The van der Waals surface area contributed by atoms with Crippen LogP contribution in [0.1, 0.15) is 29.6 Å². The van der Waals surface area contributed by atoms with Crippen LogP contribution in [0.2, 0.25) is 0 Å². The van der Waals surface area contributed by atoms with E-state index in [-0.39, 0.29) is 0 Å². The summed E-state index contributed by atoms with van der Waals surface area (Å²) < 4.78 is 1.94. The Labute approximate surface area is 106 Å². The van der Waals surface area contributed by atoms with Crippen molar-refractivity contribution >= 4 is 11.3 Å². The average molecular weight is 250 g/mol. The van der Waals surface area contributed by atoms with Gasteiger partial charge >= 0.3 is 0 Å². The molecule has 0 saturated heterocycles. The Hall–Kier alpha value is -1.20. The molecule has 5 heteroatoms. The number of nitrogens with zero attached hydrogens (tertiary/aromatic N) is 3. The molecule has 0 spiro atoms. The van der Waals surface area contributed by atoms with Gasteiger partial charge in [-0.15, -0.1) is 11.3 Å². The van der Waals surface area contributed by atoms with Crippen LogP contribution in [0.15, 0.2) is 17.8 Å². The molecule has 2 rings (SSSR count). The highest BCUT2D eigenvalue weighted by Gasteiger charge is 2.02. The lowest BCUT2D eigenvalue weighted by molar-refractivity contribution is 0.664. The second-order valence-corrected chi connectivity index (χ2v) is 5.14. The molecular formula is C12H18N4S. The van der Waals surface area contributed by atoms with Crippen molar-refractivity contribution in [3.8, 4) is 0 Å². The Morgan fingerprint density at radius 3 is 3.06 bits per heavy atom. The fourth-order valence-corrected chi connectivity index (χ4v) is 2.24. The van der Waals surface area contributed by atoms with Crippen molar-refractivity contribution in [2.45, 2.75) is 33.4 Å². The zero-order chi connectivity index (χ0) is 12.1. The third-order valence-corrected chi connectivity index (χ3v) is 3.26. The smallest absolute Gasteiger partial charge is 0.0898 e. The Bertz CT molecular complexity index is 461. The van der Waals surface area contributed by atoms with Crippen LogP contribution in [0.5, 0.6) is 0 Å². The molecule has 0 amide bonds. The van der Waals surface area contributed by atoms with Crippen molar-refractivity contribution in [2.24, 2.45) is 0 Å². The first-order chi connectivity index (χ1) is 8.28. The summed E-state index contributed by atoms with van der Waals surface area (Å²) in [5, 5.41) is 10.9. The average Bonchev–Trinajstić information content (AvgIpc) is 2.90. The maximum Gasteiger partial charge on any atom is 0.0898 e. The molecule has 2 aromatic heterocycles. The van der Waals surface area contributed by atoms with Gasteiger partial charge in [0, 0.05) is 23.7 Å². The van der Waals surface area contributed by atoms with Crippen LogP contribution in [-0.2, 0) is 13.1 Å². The second-order valence-electron chi connectivity index (χ2n) is 4.08. The van der Waals surface area contributed by atoms with E-state index in [1.54, 1.807) is 11.3 Å². The molecule has 2 heterocycles. The molecule has 0 aliphatic carbocycles. The van der Waals surface area contributed by atoms with E-state index in [1.807, 2.05) is 17.8 Å². The van der Waals surface area contributed by atoms with Crippen LogP contribution >= 0.6 is 11.3 Å². The Morgan fingerprint density at radius 1 is 1.47 bits per heavy atom. The summed E-state index contributed by atoms with van der Waals surface area (Å²) in [6, 6.07) is 0. The number of thiazole rings is 1. The molecule has 1 N–H and O–H groups in total. The topological polar surface area (TPSA) is 42.7 Å². The van der Waals surface area contributed by atoms with E-state index in [0.717, 1.165) is 36.8 Å². The van der Waals surface area contributed by atoms with Gasteiger partial charge < -0.3 is 5.32 Å². The zero-order valence-electron chi connectivity index (χ0n) is 10.3. The third kappa shape index (κ3) is 3.64. The van der Waals surface area contributed by atoms with E-state index >= 15 is 0 Å². The van der Waals surface area contributed by atoms with Crippen LogP contribution in [0.4, 0.5) is 0 Å². The van der Waals surface area contributed by atoms with Gasteiger partial charge in [-0.1, -0.05) is 6.92 Å². The van der Waals surface area contributed by atoms with Gasteiger partial charge in [-0.3, -0.25) is 4.68 Å². The molecule has 0 unspecified atom stereocenters. The number of hydrogen-bond donors (Lipinski definition) is 1. The Balaban J connectivity index is 1.89. The van der Waals surface area contributed by atoms with Crippen LogP contribution in [0.3, 0.4) is 0 Å². The minimum Gasteiger partial charge on any atom is -0.313 e. The van der Waals surface area contributed by atoms with E-state index < -0.39 is 0 Å². The van der Waals surface area contributed by atoms with Crippen molar-refractivity contribution < 1.29 is 0 Å². The molecule has 4 nitrogen and oxygen atoms in total. The summed E-state index contributed by atoms with van der Waals surface area (Å²) in [7, 11) is 0. The van der Waals surface area contributed by atoms with E-state index in [0.29, 0.717) is 0 Å². The largest absolute Gasteiger partial charge is 0.313 e. The van der Waals surface area contributed by atoms with E-state index in [9.17, 15) is 0 Å². The molecule has 0 bridgehead atoms. The van der Waals surface area contributed by atoms with Crippen LogP contribution in [0.25, 0.3) is 0 Å². The summed E-state index contributed by atoms with van der Waals surface area (Å²) >= 11 is 1.68. The standard InChI is InChI=1S/C12H18N4S/c1-3-4-13-5-11-6-14-16(7-11)8-12-9-17-10(2)15-12/h6-7,9,13H,3-5,8H2,1-2H3. The maximum absolute atomic E-state index is 4.43. The maximum atomic E-state index is 4.43. The highest BCUT2D eigenvalue weighted by Crippen LogP contribution is 2.09. The molecule has 0 aliphatic rings. The summed E-state index contributed by atoms with van der Waals surface area (Å²) in [5.41, 5.74) is 2.31. The highest BCUT2D eigenvalue weighted by molar-refractivity contribution is 7.09. The predicted octanol–water partition coefficient (Wildman–Crippen LogP) is 2.20. The fourth-order valence-electron chi connectivity index (χ4n) is 1.64. The predicted molar refractivity (Wildman–Crippen MR) is 70.2 cm³/mol. The van der Waals surface area contributed by atoms with Crippen molar-refractivity contribution in [1.82, 2.24) is 20.1 Å². The van der Waals surface area contributed by atoms with Crippen molar-refractivity contribution in [3.05, 3.63) is 34.0 Å². The van der Waals surface area contributed by atoms with Gasteiger partial charge in [-0.05, 0) is 19.9 Å². The summed E-state index contributed by atoms with van der Waals surface area (Å²) in [4.78, 5) is 4.43. The quantitative estimate of drug-likeness (QED) is 0.799. The first kappa shape index (κ1) is 12.3. The van der Waals surface area contributed by atoms with Gasteiger partial charge in [-0.25, -0.2) is 4.98 Å². The molecule has 0 aromatic carbocycles. The molecule has 0 radical (unpaired) electrons. The molecule has 17 heavy (non-hydrogen) atoms. The van der Waals surface area contributed by atoms with Crippen molar-refractivity contribution in [1.29, 1.82) is 0 Å². The Morgan fingerprint density at radius 2 is 2.35 bits per heavy atom. The number of aromatic nitrogens is 3. The summed E-state index contributed by atoms with van der Waals surface area (Å²) in [6.07, 6.45) is 5.16.